The summed E-state index contributed by atoms with van der Waals surface area (Å²) in [7, 11) is -1.85. The number of aryl methyl sites for hydroxylation is 1. The first-order valence-corrected chi connectivity index (χ1v) is 10.8. The first-order chi connectivity index (χ1) is 11.7. The third-order valence-electron chi connectivity index (χ3n) is 4.27. The number of benzene rings is 1. The van der Waals surface area contributed by atoms with Gasteiger partial charge < -0.3 is 14.2 Å². The minimum Gasteiger partial charge on any atom is -0.507 e. The van der Waals surface area contributed by atoms with E-state index in [0.29, 0.717) is 12.2 Å². The second kappa shape index (κ2) is 8.24. The van der Waals surface area contributed by atoms with Crippen LogP contribution in [0.25, 0.3) is 0 Å². The Morgan fingerprint density at radius 2 is 1.54 bits per heavy atom. The number of hydrogen-bond acceptors (Lipinski definition) is 5. The van der Waals surface area contributed by atoms with Crippen LogP contribution in [0.3, 0.4) is 0 Å². The zero-order chi connectivity index (χ0) is 20.3. The van der Waals surface area contributed by atoms with Crippen LogP contribution in [0.2, 0.25) is 0 Å². The number of phenols is 1. The normalized spacial score (nSPS) is 14.9. The Morgan fingerprint density at radius 3 is 1.92 bits per heavy atom. The Kier molecular flexibility index (Phi) is 7.25. The second-order valence-corrected chi connectivity index (χ2v) is 11.0. The molecule has 6 heteroatoms. The van der Waals surface area contributed by atoms with Crippen molar-refractivity contribution in [1.82, 2.24) is 0 Å². The average Bonchev–Trinajstić information content (AvgIpc) is 2.49. The summed E-state index contributed by atoms with van der Waals surface area (Å²) in [6, 6.07) is 3.94. The molecule has 1 aromatic carbocycles. The molecule has 148 valence electrons. The summed E-state index contributed by atoms with van der Waals surface area (Å²) in [6.07, 6.45) is 0.817. The largest absolute Gasteiger partial charge is 0.507 e. The van der Waals surface area contributed by atoms with Gasteiger partial charge in [0, 0.05) is 20.2 Å². The van der Waals surface area contributed by atoms with Gasteiger partial charge in [-0.3, -0.25) is 9.36 Å². The molecule has 0 amide bonds. The van der Waals surface area contributed by atoms with Gasteiger partial charge in [-0.05, 0) is 33.9 Å². The van der Waals surface area contributed by atoms with E-state index in [2.05, 4.69) is 41.5 Å². The predicted octanol–water partition coefficient (Wildman–Crippen LogP) is 4.97. The van der Waals surface area contributed by atoms with Crippen LogP contribution >= 0.6 is 7.60 Å². The highest BCUT2D eigenvalue weighted by Crippen LogP contribution is 2.42. The summed E-state index contributed by atoms with van der Waals surface area (Å²) in [4.78, 5) is 12.1. The van der Waals surface area contributed by atoms with Crippen molar-refractivity contribution in [2.45, 2.75) is 65.2 Å². The molecule has 0 aromatic heterocycles. The van der Waals surface area contributed by atoms with Gasteiger partial charge in [0.05, 0.1) is 0 Å². The molecule has 0 saturated heterocycles. The zero-order valence-corrected chi connectivity index (χ0v) is 18.2. The third-order valence-corrected chi connectivity index (χ3v) is 5.53. The van der Waals surface area contributed by atoms with Crippen molar-refractivity contribution in [2.24, 2.45) is 0 Å². The molecule has 1 atom stereocenters. The van der Waals surface area contributed by atoms with Crippen LogP contribution in [-0.2, 0) is 35.7 Å². The molecule has 26 heavy (non-hydrogen) atoms. The van der Waals surface area contributed by atoms with Crippen LogP contribution in [0.15, 0.2) is 12.1 Å². The lowest BCUT2D eigenvalue weighted by atomic mass is 9.78. The molecule has 1 N–H and O–H groups in total. The van der Waals surface area contributed by atoms with Crippen LogP contribution in [0.5, 0.6) is 5.75 Å². The van der Waals surface area contributed by atoms with E-state index in [1.165, 1.54) is 13.8 Å². The van der Waals surface area contributed by atoms with Gasteiger partial charge in [-0.2, -0.15) is 0 Å². The van der Waals surface area contributed by atoms with Crippen molar-refractivity contribution >= 4 is 13.4 Å². The molecular weight excluding hydrogens is 351 g/mol. The Balaban J connectivity index is 3.00. The number of hydrogen-bond donors (Lipinski definition) is 1. The number of Topliss-reactive ketones (excluding diaryl/α,β-unsaturated/α-hetero) is 1. The number of phenolic OH excluding ortho intramolecular Hbond substituents is 1. The molecule has 0 fully saturated rings. The highest BCUT2D eigenvalue weighted by atomic mass is 31.2. The summed E-state index contributed by atoms with van der Waals surface area (Å²) in [5.41, 5.74) is 2.33. The standard InChI is InChI=1S/C20H33O5P/c1-19(2,3)16-11-14(12-17(18(16)22)20(4,5)6)9-10-15(21)13-25-26(8,23)24-7/h11-12,22H,9-10,13H2,1-8H3. The molecule has 0 bridgehead atoms. The van der Waals surface area contributed by atoms with Gasteiger partial charge in [-0.25, -0.2) is 0 Å². The van der Waals surface area contributed by atoms with Gasteiger partial charge in [-0.1, -0.05) is 53.7 Å². The summed E-state index contributed by atoms with van der Waals surface area (Å²) in [6.45, 7) is 13.5. The van der Waals surface area contributed by atoms with Crippen molar-refractivity contribution in [2.75, 3.05) is 20.4 Å². The highest BCUT2D eigenvalue weighted by Gasteiger charge is 2.26. The molecule has 0 spiro atoms. The molecule has 0 saturated carbocycles. The van der Waals surface area contributed by atoms with E-state index in [-0.39, 0.29) is 29.6 Å². The lowest BCUT2D eigenvalue weighted by Crippen LogP contribution is -2.18. The zero-order valence-electron chi connectivity index (χ0n) is 17.3. The fraction of sp³-hybridized carbons (Fsp3) is 0.650. The van der Waals surface area contributed by atoms with E-state index in [0.717, 1.165) is 16.7 Å². The number of ketones is 1. The van der Waals surface area contributed by atoms with Gasteiger partial charge in [-0.15, -0.1) is 0 Å². The Labute approximate surface area is 157 Å². The van der Waals surface area contributed by atoms with Gasteiger partial charge in [0.1, 0.15) is 12.4 Å². The quantitative estimate of drug-likeness (QED) is 0.672. The van der Waals surface area contributed by atoms with Crippen molar-refractivity contribution in [3.8, 4) is 5.75 Å². The van der Waals surface area contributed by atoms with Crippen LogP contribution < -0.4 is 0 Å². The topological polar surface area (TPSA) is 72.8 Å². The molecular formula is C20H33O5P. The van der Waals surface area contributed by atoms with E-state index < -0.39 is 7.60 Å². The molecule has 1 aromatic rings. The fourth-order valence-corrected chi connectivity index (χ4v) is 3.06. The van der Waals surface area contributed by atoms with E-state index in [4.69, 9.17) is 9.05 Å². The van der Waals surface area contributed by atoms with Gasteiger partial charge in [0.15, 0.2) is 5.78 Å². The number of carbonyl (C=O) groups excluding carboxylic acids is 1. The van der Waals surface area contributed by atoms with E-state index in [1.807, 2.05) is 12.1 Å². The van der Waals surface area contributed by atoms with Crippen LogP contribution in [0.1, 0.15) is 64.7 Å². The minimum absolute atomic E-state index is 0.133. The highest BCUT2D eigenvalue weighted by molar-refractivity contribution is 7.52. The average molecular weight is 384 g/mol. The summed E-state index contributed by atoms with van der Waals surface area (Å²) in [5.74, 6) is 0.197. The molecule has 1 unspecified atom stereocenters. The molecule has 0 aliphatic rings. The van der Waals surface area contributed by atoms with Crippen molar-refractivity contribution < 1.29 is 23.5 Å². The number of aromatic hydroxyl groups is 1. The number of rotatable bonds is 7. The molecule has 0 radical (unpaired) electrons. The van der Waals surface area contributed by atoms with E-state index >= 15 is 0 Å². The van der Waals surface area contributed by atoms with Gasteiger partial charge in [0.2, 0.25) is 0 Å². The van der Waals surface area contributed by atoms with E-state index in [1.54, 1.807) is 0 Å². The predicted molar refractivity (Wildman–Crippen MR) is 105 cm³/mol. The molecule has 0 aliphatic carbocycles. The van der Waals surface area contributed by atoms with Gasteiger partial charge in [0.25, 0.3) is 0 Å². The minimum atomic E-state index is -3.14. The fourth-order valence-electron chi connectivity index (χ4n) is 2.58. The lowest BCUT2D eigenvalue weighted by Gasteiger charge is -2.28. The monoisotopic (exact) mass is 384 g/mol. The Morgan fingerprint density at radius 1 is 1.08 bits per heavy atom. The molecule has 5 nitrogen and oxygen atoms in total. The summed E-state index contributed by atoms with van der Waals surface area (Å²) < 4.78 is 21.5. The first-order valence-electron chi connectivity index (χ1n) is 8.83. The van der Waals surface area contributed by atoms with Crippen LogP contribution in [-0.4, -0.2) is 31.3 Å². The van der Waals surface area contributed by atoms with Crippen LogP contribution in [0, 0.1) is 0 Å². The smallest absolute Gasteiger partial charge is 0.327 e. The number of carbonyl (C=O) groups is 1. The summed E-state index contributed by atoms with van der Waals surface area (Å²) >= 11 is 0. The van der Waals surface area contributed by atoms with Crippen molar-refractivity contribution in [3.63, 3.8) is 0 Å². The first kappa shape index (κ1) is 22.9. The Hall–Kier alpha value is -1.16. The summed E-state index contributed by atoms with van der Waals surface area (Å²) in [5, 5.41) is 10.7. The van der Waals surface area contributed by atoms with Gasteiger partial charge >= 0.3 is 7.60 Å². The SMILES string of the molecule is COP(C)(=O)OCC(=O)CCc1cc(C(C)(C)C)c(O)c(C(C)(C)C)c1. The van der Waals surface area contributed by atoms with E-state index in [9.17, 15) is 14.5 Å². The maximum absolute atomic E-state index is 12.1. The van der Waals surface area contributed by atoms with Crippen molar-refractivity contribution in [3.05, 3.63) is 28.8 Å². The lowest BCUT2D eigenvalue weighted by molar-refractivity contribution is -0.121. The molecule has 0 aliphatic heterocycles. The molecule has 0 heterocycles. The van der Waals surface area contributed by atoms with Crippen molar-refractivity contribution in [1.29, 1.82) is 0 Å². The molecule has 1 rings (SSSR count). The second-order valence-electron chi connectivity index (χ2n) is 8.81. The third kappa shape index (κ3) is 6.53. The maximum atomic E-state index is 12.1. The Bertz CT molecular complexity index is 660. The van der Waals surface area contributed by atoms with Crippen LogP contribution in [0.4, 0.5) is 0 Å². The maximum Gasteiger partial charge on any atom is 0.327 e.